The van der Waals surface area contributed by atoms with Gasteiger partial charge >= 0.3 is 0 Å². The maximum absolute atomic E-state index is 17.7. The molecule has 0 fully saturated rings. The second-order valence-corrected chi connectivity index (χ2v) is 24.5. The van der Waals surface area contributed by atoms with Crippen molar-refractivity contribution in [3.63, 3.8) is 0 Å². The molecule has 394 valence electrons. The standard InChI is InChI=1S/C58H70N2O12P2/c1-39-25-40(2)30-47(29-39)73(61,48-31-41(3)26-42(4)32-48)51-37-53-59-57(71-23-19-67-15-11-63-9-13-65-17-21-69-53)55(51)56-52(38-54-60-58(56)72-24-20-68-16-12-64-10-14-66-18-22-70-54)74(62,49-33-43(5)27-44(6)34-49)50-35-45(7)28-46(8)36-50/h25-38H,9-24H2,1-8H3. The Morgan fingerprint density at radius 3 is 0.757 bits per heavy atom. The largest absolute Gasteiger partial charge is 0.475 e. The van der Waals surface area contributed by atoms with E-state index in [1.807, 2.05) is 104 Å². The van der Waals surface area contributed by atoms with Crippen LogP contribution >= 0.6 is 14.3 Å². The molecule has 2 aromatic heterocycles. The van der Waals surface area contributed by atoms with E-state index in [0.717, 1.165) is 44.5 Å². The SMILES string of the molecule is Cc1cc(C)cc(P(=O)(c2cc(C)cc(C)c2)c2cc3nc(c2-c2c(P(=O)(c4cc(C)cc(C)c4)c4cc(C)cc(C)c4)cc4nc2OCCOCCOCCOCCO4)OCCOCCOCCOCCO3)c1. The van der Waals surface area contributed by atoms with Crippen LogP contribution in [-0.4, -0.2) is 116 Å². The molecule has 8 rings (SSSR count). The van der Waals surface area contributed by atoms with Crippen molar-refractivity contribution >= 4 is 46.1 Å². The molecule has 0 spiro atoms. The average Bonchev–Trinajstić information content (AvgIpc) is 3.34. The topological polar surface area (TPSA) is 152 Å². The molecule has 0 saturated carbocycles. The van der Waals surface area contributed by atoms with E-state index in [4.69, 9.17) is 57.3 Å². The van der Waals surface area contributed by atoms with Crippen molar-refractivity contribution in [3.8, 4) is 34.6 Å². The lowest BCUT2D eigenvalue weighted by Crippen LogP contribution is -2.32. The number of aryl methyl sites for hydroxylation is 8. The van der Waals surface area contributed by atoms with Gasteiger partial charge in [0.1, 0.15) is 26.4 Å². The van der Waals surface area contributed by atoms with Gasteiger partial charge in [-0.15, -0.1) is 0 Å². The van der Waals surface area contributed by atoms with Gasteiger partial charge in [0.15, 0.2) is 14.3 Å². The fourth-order valence-electron chi connectivity index (χ4n) is 9.57. The highest BCUT2D eigenvalue weighted by molar-refractivity contribution is 7.86. The Morgan fingerprint density at radius 1 is 0.297 bits per heavy atom. The number of fused-ring (bicyclic) bond motifs is 4. The van der Waals surface area contributed by atoms with Crippen LogP contribution in [0.15, 0.2) is 84.9 Å². The maximum Gasteiger partial charge on any atom is 0.225 e. The first kappa shape index (κ1) is 54.8. The number of ether oxygens (including phenoxy) is 10. The van der Waals surface area contributed by atoms with E-state index in [1.165, 1.54) is 0 Å². The number of benzene rings is 4. The second-order valence-electron chi connectivity index (χ2n) is 19.0. The summed E-state index contributed by atoms with van der Waals surface area (Å²) in [5.41, 5.74) is 7.87. The summed E-state index contributed by atoms with van der Waals surface area (Å²) in [5.74, 6) is 0.359. The molecule has 14 nitrogen and oxygen atoms in total. The van der Waals surface area contributed by atoms with Gasteiger partial charge in [-0.05, 0) is 104 Å². The van der Waals surface area contributed by atoms with Gasteiger partial charge in [-0.25, -0.2) is 0 Å². The average molecular weight is 1050 g/mol. The van der Waals surface area contributed by atoms with E-state index in [2.05, 4.69) is 24.3 Å². The molecular formula is C58H70N2O12P2. The Kier molecular flexibility index (Phi) is 18.8. The third-order valence-electron chi connectivity index (χ3n) is 12.5. The fourth-order valence-corrected chi connectivity index (χ4v) is 16.0. The maximum atomic E-state index is 17.7. The monoisotopic (exact) mass is 1050 g/mol. The minimum atomic E-state index is -4.10. The van der Waals surface area contributed by atoms with Gasteiger partial charge in [-0.2, -0.15) is 9.97 Å². The van der Waals surface area contributed by atoms with Crippen molar-refractivity contribution in [1.82, 2.24) is 9.97 Å². The zero-order valence-corrected chi connectivity index (χ0v) is 45.9. The first-order valence-corrected chi connectivity index (χ1v) is 28.8. The number of pyridine rings is 2. The molecule has 2 aliphatic heterocycles. The molecule has 2 aliphatic rings. The molecule has 0 saturated heterocycles. The van der Waals surface area contributed by atoms with Crippen molar-refractivity contribution in [2.45, 2.75) is 55.4 Å². The van der Waals surface area contributed by atoms with Crippen LogP contribution in [0.4, 0.5) is 0 Å². The minimum absolute atomic E-state index is 0.0191. The molecule has 0 atom stereocenters. The van der Waals surface area contributed by atoms with Crippen molar-refractivity contribution < 1.29 is 56.5 Å². The van der Waals surface area contributed by atoms with Crippen LogP contribution in [0.3, 0.4) is 0 Å². The van der Waals surface area contributed by atoms with Gasteiger partial charge in [0.2, 0.25) is 23.5 Å². The quantitative estimate of drug-likeness (QED) is 0.145. The summed E-state index contributed by atoms with van der Waals surface area (Å²) in [6.07, 6.45) is 0. The van der Waals surface area contributed by atoms with Crippen LogP contribution in [0.25, 0.3) is 11.1 Å². The Hall–Kier alpha value is -5.40. The molecule has 0 unspecified atom stereocenters. The van der Waals surface area contributed by atoms with Crippen LogP contribution in [0, 0.1) is 55.4 Å². The van der Waals surface area contributed by atoms with E-state index in [9.17, 15) is 0 Å². The lowest BCUT2D eigenvalue weighted by Gasteiger charge is -2.30. The van der Waals surface area contributed by atoms with Gasteiger partial charge in [-0.3, -0.25) is 0 Å². The molecule has 16 heteroatoms. The molecule has 4 bridgehead atoms. The molecule has 6 aromatic rings. The van der Waals surface area contributed by atoms with Crippen molar-refractivity contribution in [1.29, 1.82) is 0 Å². The van der Waals surface area contributed by atoms with Gasteiger partial charge in [0, 0.05) is 44.0 Å². The van der Waals surface area contributed by atoms with E-state index < -0.39 is 14.3 Å². The Labute approximate surface area is 436 Å². The Balaban J connectivity index is 1.56. The molecule has 4 heterocycles. The first-order chi connectivity index (χ1) is 35.7. The van der Waals surface area contributed by atoms with Crippen molar-refractivity contribution in [3.05, 3.63) is 129 Å². The summed E-state index contributed by atoms with van der Waals surface area (Å²) in [6, 6.07) is 27.5. The molecule has 0 aliphatic carbocycles. The summed E-state index contributed by atoms with van der Waals surface area (Å²) in [5, 5.41) is 2.89. The Bertz CT molecular complexity index is 2620. The molecular weight excluding hydrogens is 979 g/mol. The van der Waals surface area contributed by atoms with Gasteiger partial charge in [0.25, 0.3) is 0 Å². The van der Waals surface area contributed by atoms with E-state index in [-0.39, 0.29) is 87.5 Å². The third kappa shape index (κ3) is 13.3. The number of aromatic nitrogens is 2. The summed E-state index contributed by atoms with van der Waals surface area (Å²) in [7, 11) is -8.21. The van der Waals surface area contributed by atoms with Crippen LogP contribution in [-0.2, 0) is 37.6 Å². The number of nitrogens with zero attached hydrogens (tertiary/aromatic N) is 2. The summed E-state index contributed by atoms with van der Waals surface area (Å²) < 4.78 is 97.4. The van der Waals surface area contributed by atoms with E-state index in [0.29, 0.717) is 84.7 Å². The first-order valence-electron chi connectivity index (χ1n) is 25.4. The predicted molar refractivity (Wildman–Crippen MR) is 291 cm³/mol. The summed E-state index contributed by atoms with van der Waals surface area (Å²) >= 11 is 0. The number of hydrogen-bond acceptors (Lipinski definition) is 14. The predicted octanol–water partition coefficient (Wildman–Crippen LogP) is 7.53. The smallest absolute Gasteiger partial charge is 0.225 e. The van der Waals surface area contributed by atoms with Crippen LogP contribution in [0.1, 0.15) is 44.5 Å². The lowest BCUT2D eigenvalue weighted by atomic mass is 10.1. The van der Waals surface area contributed by atoms with E-state index in [1.54, 1.807) is 12.1 Å². The highest BCUT2D eigenvalue weighted by Crippen LogP contribution is 2.54. The van der Waals surface area contributed by atoms with Gasteiger partial charge < -0.3 is 56.5 Å². The molecule has 0 amide bonds. The Morgan fingerprint density at radius 2 is 0.514 bits per heavy atom. The summed E-state index contributed by atoms with van der Waals surface area (Å²) in [6.45, 7) is 19.8. The van der Waals surface area contributed by atoms with Gasteiger partial charge in [0.05, 0.1) is 90.4 Å². The van der Waals surface area contributed by atoms with Crippen LogP contribution < -0.4 is 50.8 Å². The molecule has 0 radical (unpaired) electrons. The van der Waals surface area contributed by atoms with Crippen LogP contribution in [0.2, 0.25) is 0 Å². The van der Waals surface area contributed by atoms with Crippen molar-refractivity contribution in [2.24, 2.45) is 0 Å². The highest BCUT2D eigenvalue weighted by atomic mass is 31.2. The molecule has 74 heavy (non-hydrogen) atoms. The zero-order chi connectivity index (χ0) is 52.2. The van der Waals surface area contributed by atoms with Crippen LogP contribution in [0.5, 0.6) is 23.5 Å². The number of hydrogen-bond donors (Lipinski definition) is 0. The second kappa shape index (κ2) is 25.4. The van der Waals surface area contributed by atoms with Crippen molar-refractivity contribution in [2.75, 3.05) is 106 Å². The van der Waals surface area contributed by atoms with Gasteiger partial charge in [-0.1, -0.05) is 68.8 Å². The normalized spacial score (nSPS) is 16.3. The minimum Gasteiger partial charge on any atom is -0.475 e. The fraction of sp³-hybridized carbons (Fsp3) is 0.414. The molecule has 0 N–H and O–H groups in total. The van der Waals surface area contributed by atoms with E-state index >= 15 is 9.13 Å². The third-order valence-corrected chi connectivity index (χ3v) is 18.5. The highest BCUT2D eigenvalue weighted by Gasteiger charge is 2.42. The number of rotatable bonds is 7. The zero-order valence-electron chi connectivity index (χ0n) is 44.1. The molecule has 4 aromatic carbocycles. The summed E-state index contributed by atoms with van der Waals surface area (Å²) in [4.78, 5) is 10.3. The lowest BCUT2D eigenvalue weighted by molar-refractivity contribution is 0.00343.